The first-order chi connectivity index (χ1) is 5.91. The molecule has 1 N–H and O–H groups in total. The molecular weight excluding hydrogens is 236 g/mol. The van der Waals surface area contributed by atoms with E-state index in [-0.39, 0.29) is 0 Å². The molecule has 0 heterocycles. The number of hydrogen-bond acceptors (Lipinski definition) is 2. The molecule has 1 unspecified atom stereocenters. The highest BCUT2D eigenvalue weighted by molar-refractivity contribution is 9.10. The van der Waals surface area contributed by atoms with Crippen molar-refractivity contribution in [3.05, 3.63) is 0 Å². The number of carboxylic acids is 1. The van der Waals surface area contributed by atoms with Crippen molar-refractivity contribution >= 4 is 21.9 Å². The summed E-state index contributed by atoms with van der Waals surface area (Å²) < 4.78 is 5.47. The molecule has 78 valence electrons. The summed E-state index contributed by atoms with van der Waals surface area (Å²) in [5, 5.41) is 8.75. The minimum absolute atomic E-state index is 0.610. The average Bonchev–Trinajstić information content (AvgIpc) is 2.03. The summed E-state index contributed by atoms with van der Waals surface area (Å²) in [6.45, 7) is 6.23. The fraction of sp³-hybridized carbons (Fsp3) is 0.889. The third-order valence-electron chi connectivity index (χ3n) is 1.80. The smallest absolute Gasteiger partial charge is 0.320 e. The van der Waals surface area contributed by atoms with Gasteiger partial charge in [-0.15, -0.1) is 0 Å². The summed E-state index contributed by atoms with van der Waals surface area (Å²) in [7, 11) is 0. The van der Waals surface area contributed by atoms with E-state index < -0.39 is 16.4 Å². The van der Waals surface area contributed by atoms with Gasteiger partial charge in [-0.1, -0.05) is 29.3 Å². The Hall–Kier alpha value is -0.0900. The number of rotatable bonds is 6. The van der Waals surface area contributed by atoms with Crippen LogP contribution in [0, 0.1) is 0 Å². The number of carbonyl (C=O) groups is 1. The number of alkyl halides is 1. The zero-order chi connectivity index (χ0) is 10.5. The van der Waals surface area contributed by atoms with Crippen LogP contribution in [0.2, 0.25) is 0 Å². The zero-order valence-corrected chi connectivity index (χ0v) is 9.93. The summed E-state index contributed by atoms with van der Waals surface area (Å²) >= 11 is 3.09. The van der Waals surface area contributed by atoms with Crippen LogP contribution >= 0.6 is 15.9 Å². The number of halogens is 1. The van der Waals surface area contributed by atoms with Crippen molar-refractivity contribution in [3.63, 3.8) is 0 Å². The van der Waals surface area contributed by atoms with Gasteiger partial charge in [0.1, 0.15) is 4.83 Å². The van der Waals surface area contributed by atoms with Crippen LogP contribution in [0.25, 0.3) is 0 Å². The maximum Gasteiger partial charge on any atom is 0.320 e. The number of ether oxygens (including phenoxy) is 1. The maximum atomic E-state index is 10.7. The molecule has 0 aromatic heterocycles. The van der Waals surface area contributed by atoms with Gasteiger partial charge >= 0.3 is 5.97 Å². The average molecular weight is 253 g/mol. The van der Waals surface area contributed by atoms with Crippen molar-refractivity contribution in [1.29, 1.82) is 0 Å². The van der Waals surface area contributed by atoms with E-state index in [1.165, 1.54) is 0 Å². The summed E-state index contributed by atoms with van der Waals surface area (Å²) in [4.78, 5) is 10.00. The van der Waals surface area contributed by atoms with Gasteiger partial charge in [-0.2, -0.15) is 0 Å². The highest BCUT2D eigenvalue weighted by atomic mass is 79.9. The Kier molecular flexibility index (Phi) is 5.56. The normalized spacial score (nSPS) is 14.2. The van der Waals surface area contributed by atoms with Gasteiger partial charge < -0.3 is 9.84 Å². The molecule has 0 saturated carbocycles. The second-order valence-electron chi connectivity index (χ2n) is 3.51. The Morgan fingerprint density at radius 1 is 1.62 bits per heavy atom. The van der Waals surface area contributed by atoms with E-state index in [0.717, 1.165) is 12.8 Å². The fourth-order valence-electron chi connectivity index (χ4n) is 0.850. The van der Waals surface area contributed by atoms with Crippen LogP contribution in [-0.2, 0) is 9.53 Å². The van der Waals surface area contributed by atoms with Crippen molar-refractivity contribution in [1.82, 2.24) is 0 Å². The van der Waals surface area contributed by atoms with Crippen molar-refractivity contribution in [2.75, 3.05) is 6.61 Å². The zero-order valence-electron chi connectivity index (χ0n) is 8.34. The highest BCUT2D eigenvalue weighted by Gasteiger charge is 2.33. The second-order valence-corrected chi connectivity index (χ2v) is 4.42. The van der Waals surface area contributed by atoms with Crippen molar-refractivity contribution in [2.45, 2.75) is 44.0 Å². The Bertz CT molecular complexity index is 168. The lowest BCUT2D eigenvalue weighted by Crippen LogP contribution is -2.40. The standard InChI is InChI=1S/C9H17BrO3/c1-4-5-6-13-9(2,3)7(10)8(11)12/h7H,4-6H2,1-3H3,(H,11,12). The van der Waals surface area contributed by atoms with E-state index in [1.54, 1.807) is 13.8 Å². The Morgan fingerprint density at radius 3 is 2.54 bits per heavy atom. The van der Waals surface area contributed by atoms with Crippen molar-refractivity contribution < 1.29 is 14.6 Å². The van der Waals surface area contributed by atoms with Crippen LogP contribution in [0.5, 0.6) is 0 Å². The monoisotopic (exact) mass is 252 g/mol. The molecular formula is C9H17BrO3. The summed E-state index contributed by atoms with van der Waals surface area (Å²) in [6.07, 6.45) is 2.01. The first-order valence-corrected chi connectivity index (χ1v) is 5.34. The van der Waals surface area contributed by atoms with Gasteiger partial charge in [0, 0.05) is 6.61 Å². The quantitative estimate of drug-likeness (QED) is 0.584. The summed E-state index contributed by atoms with van der Waals surface area (Å²) in [5.74, 6) is -0.888. The SMILES string of the molecule is CCCCOC(C)(C)C(Br)C(=O)O. The van der Waals surface area contributed by atoms with Crippen molar-refractivity contribution in [2.24, 2.45) is 0 Å². The number of hydrogen-bond donors (Lipinski definition) is 1. The van der Waals surface area contributed by atoms with Gasteiger partial charge in [0.05, 0.1) is 5.60 Å². The highest BCUT2D eigenvalue weighted by Crippen LogP contribution is 2.22. The number of carboxylic acid groups (broad SMARTS) is 1. The first kappa shape index (κ1) is 12.9. The summed E-state index contributed by atoms with van der Waals surface area (Å²) in [6, 6.07) is 0. The van der Waals surface area contributed by atoms with Gasteiger partial charge in [0.2, 0.25) is 0 Å². The molecule has 0 fully saturated rings. The molecule has 0 aliphatic carbocycles. The van der Waals surface area contributed by atoms with Crippen LogP contribution in [0.3, 0.4) is 0 Å². The van der Waals surface area contributed by atoms with E-state index in [1.807, 2.05) is 0 Å². The van der Waals surface area contributed by atoms with Gasteiger partial charge in [0.25, 0.3) is 0 Å². The van der Waals surface area contributed by atoms with Gasteiger partial charge in [-0.25, -0.2) is 0 Å². The van der Waals surface area contributed by atoms with Gasteiger partial charge in [-0.05, 0) is 20.3 Å². The molecule has 0 radical (unpaired) electrons. The molecule has 0 aromatic rings. The molecule has 0 aromatic carbocycles. The topological polar surface area (TPSA) is 46.5 Å². The molecule has 4 heteroatoms. The van der Waals surface area contributed by atoms with E-state index in [2.05, 4.69) is 22.9 Å². The predicted molar refractivity (Wildman–Crippen MR) is 55.3 cm³/mol. The van der Waals surface area contributed by atoms with E-state index >= 15 is 0 Å². The molecule has 0 rings (SSSR count). The van der Waals surface area contributed by atoms with Crippen LogP contribution in [0.4, 0.5) is 0 Å². The maximum absolute atomic E-state index is 10.7. The molecule has 13 heavy (non-hydrogen) atoms. The minimum atomic E-state index is -0.888. The minimum Gasteiger partial charge on any atom is -0.480 e. The Balaban J connectivity index is 3.98. The summed E-state index contributed by atoms with van der Waals surface area (Å²) in [5.41, 5.74) is -0.652. The van der Waals surface area contributed by atoms with Gasteiger partial charge in [-0.3, -0.25) is 4.79 Å². The molecule has 0 spiro atoms. The van der Waals surface area contributed by atoms with Crippen LogP contribution < -0.4 is 0 Å². The third kappa shape index (κ3) is 4.62. The third-order valence-corrected chi connectivity index (χ3v) is 3.29. The van der Waals surface area contributed by atoms with Crippen LogP contribution in [0.1, 0.15) is 33.6 Å². The molecule has 0 saturated heterocycles. The molecule has 0 aliphatic rings. The van der Waals surface area contributed by atoms with E-state index in [9.17, 15) is 4.79 Å². The molecule has 0 amide bonds. The van der Waals surface area contributed by atoms with Crippen molar-refractivity contribution in [3.8, 4) is 0 Å². The van der Waals surface area contributed by atoms with Gasteiger partial charge in [0.15, 0.2) is 0 Å². The molecule has 3 nitrogen and oxygen atoms in total. The van der Waals surface area contributed by atoms with Crippen LogP contribution in [-0.4, -0.2) is 28.1 Å². The Labute approximate surface area is 87.6 Å². The first-order valence-electron chi connectivity index (χ1n) is 4.42. The lowest BCUT2D eigenvalue weighted by molar-refractivity contribution is -0.142. The lowest BCUT2D eigenvalue weighted by Gasteiger charge is -2.27. The largest absolute Gasteiger partial charge is 0.480 e. The van der Waals surface area contributed by atoms with E-state index in [4.69, 9.17) is 9.84 Å². The second kappa shape index (κ2) is 5.60. The van der Waals surface area contributed by atoms with Crippen LogP contribution in [0.15, 0.2) is 0 Å². The molecule has 0 bridgehead atoms. The number of aliphatic carboxylic acids is 1. The molecule has 1 atom stereocenters. The number of unbranched alkanes of at least 4 members (excludes halogenated alkanes) is 1. The predicted octanol–water partition coefficient (Wildman–Crippen LogP) is 2.43. The fourth-order valence-corrected chi connectivity index (χ4v) is 0.982. The Morgan fingerprint density at radius 2 is 2.15 bits per heavy atom. The van der Waals surface area contributed by atoms with E-state index in [0.29, 0.717) is 6.61 Å². The lowest BCUT2D eigenvalue weighted by atomic mass is 10.1. The molecule has 0 aliphatic heterocycles.